The van der Waals surface area contributed by atoms with Crippen molar-refractivity contribution in [2.24, 2.45) is 0 Å². The van der Waals surface area contributed by atoms with Crippen molar-refractivity contribution in [1.29, 1.82) is 0 Å². The summed E-state index contributed by atoms with van der Waals surface area (Å²) in [6.07, 6.45) is 0. The molecule has 0 bridgehead atoms. The predicted molar refractivity (Wildman–Crippen MR) is 93.7 cm³/mol. The first-order chi connectivity index (χ1) is 10.5. The Morgan fingerprint density at radius 3 is 2.27 bits per heavy atom. The van der Waals surface area contributed by atoms with E-state index >= 15 is 0 Å². The van der Waals surface area contributed by atoms with Gasteiger partial charge in [-0.25, -0.2) is 4.98 Å². The van der Waals surface area contributed by atoms with Gasteiger partial charge in [-0.05, 0) is 37.5 Å². The van der Waals surface area contributed by atoms with Gasteiger partial charge >= 0.3 is 0 Å². The molecule has 3 heteroatoms. The largest absolute Gasteiger partial charge is 0.299 e. The van der Waals surface area contributed by atoms with Gasteiger partial charge in [-0.2, -0.15) is 0 Å². The number of hydrogen-bond acceptors (Lipinski definition) is 1. The maximum Gasteiger partial charge on any atom is 0.137 e. The normalized spacial score (nSPS) is 13.0. The highest BCUT2D eigenvalue weighted by atomic mass is 35.5. The van der Waals surface area contributed by atoms with E-state index in [0.717, 1.165) is 28.3 Å². The number of nitrogens with zero attached hydrogens (tertiary/aromatic N) is 2. The van der Waals surface area contributed by atoms with Crippen molar-refractivity contribution in [2.45, 2.75) is 39.0 Å². The quantitative estimate of drug-likeness (QED) is 0.564. The number of aryl methyl sites for hydroxylation is 1. The Morgan fingerprint density at radius 1 is 1.00 bits per heavy atom. The molecule has 0 aliphatic heterocycles. The summed E-state index contributed by atoms with van der Waals surface area (Å²) in [5.41, 5.74) is 6.60. The smallest absolute Gasteiger partial charge is 0.137 e. The van der Waals surface area contributed by atoms with Crippen molar-refractivity contribution in [1.82, 2.24) is 9.38 Å². The molecule has 0 aliphatic rings. The van der Waals surface area contributed by atoms with E-state index in [1.54, 1.807) is 0 Å². The molecule has 2 heterocycles. The summed E-state index contributed by atoms with van der Waals surface area (Å²) in [5.74, 6) is 0.531. The van der Waals surface area contributed by atoms with Crippen molar-refractivity contribution >= 4 is 17.2 Å². The predicted octanol–water partition coefficient (Wildman–Crippen LogP) is 5.73. The number of fused-ring (bicyclic) bond motifs is 1. The van der Waals surface area contributed by atoms with E-state index in [2.05, 4.69) is 55.5 Å². The van der Waals surface area contributed by atoms with Gasteiger partial charge < -0.3 is 0 Å². The molecule has 0 saturated carbocycles. The number of pyridine rings is 1. The van der Waals surface area contributed by atoms with Crippen LogP contribution in [-0.2, 0) is 0 Å². The van der Waals surface area contributed by atoms with E-state index in [4.69, 9.17) is 16.6 Å². The van der Waals surface area contributed by atoms with Gasteiger partial charge in [0.25, 0.3) is 0 Å². The molecule has 2 aromatic heterocycles. The van der Waals surface area contributed by atoms with Crippen LogP contribution >= 0.6 is 11.6 Å². The molecule has 0 radical (unpaired) electrons. The van der Waals surface area contributed by atoms with Gasteiger partial charge in [-0.15, -0.1) is 11.6 Å². The van der Waals surface area contributed by atoms with Crippen LogP contribution in [0.25, 0.3) is 16.9 Å². The van der Waals surface area contributed by atoms with E-state index in [1.807, 2.05) is 19.1 Å². The average molecular weight is 313 g/mol. The molecule has 0 amide bonds. The summed E-state index contributed by atoms with van der Waals surface area (Å²) in [5, 5.41) is -0.101. The number of benzene rings is 1. The Labute approximate surface area is 136 Å². The third-order valence-electron chi connectivity index (χ3n) is 4.10. The van der Waals surface area contributed by atoms with Crippen LogP contribution in [0.5, 0.6) is 0 Å². The number of alkyl halides is 1. The molecule has 22 heavy (non-hydrogen) atoms. The Kier molecular flexibility index (Phi) is 3.96. The second kappa shape index (κ2) is 5.77. The Balaban J connectivity index is 2.22. The molecule has 114 valence electrons. The number of aromatic nitrogens is 2. The SMILES string of the molecule is Cc1cccc2nc(-c3ccc(C(C)C)cc3)c(C(C)Cl)n12. The molecule has 0 aliphatic carbocycles. The zero-order valence-electron chi connectivity index (χ0n) is 13.5. The third-order valence-corrected chi connectivity index (χ3v) is 4.31. The van der Waals surface area contributed by atoms with Crippen LogP contribution in [0.1, 0.15) is 49.0 Å². The fourth-order valence-corrected chi connectivity index (χ4v) is 3.09. The monoisotopic (exact) mass is 312 g/mol. The number of hydrogen-bond donors (Lipinski definition) is 0. The number of rotatable bonds is 3. The van der Waals surface area contributed by atoms with Gasteiger partial charge in [0.1, 0.15) is 5.65 Å². The highest BCUT2D eigenvalue weighted by Gasteiger charge is 2.19. The minimum absolute atomic E-state index is 0.101. The molecule has 1 atom stereocenters. The average Bonchev–Trinajstić information content (AvgIpc) is 2.88. The highest BCUT2D eigenvalue weighted by molar-refractivity contribution is 6.20. The second-order valence-electron chi connectivity index (χ2n) is 6.10. The van der Waals surface area contributed by atoms with Crippen LogP contribution in [0, 0.1) is 6.92 Å². The molecular weight excluding hydrogens is 292 g/mol. The van der Waals surface area contributed by atoms with E-state index in [1.165, 1.54) is 5.56 Å². The van der Waals surface area contributed by atoms with Crippen LogP contribution in [0.4, 0.5) is 0 Å². The van der Waals surface area contributed by atoms with Crippen molar-refractivity contribution in [3.05, 3.63) is 59.4 Å². The number of halogens is 1. The van der Waals surface area contributed by atoms with Crippen LogP contribution < -0.4 is 0 Å². The molecular formula is C19H21ClN2. The fourth-order valence-electron chi connectivity index (χ4n) is 2.89. The van der Waals surface area contributed by atoms with Crippen LogP contribution in [0.3, 0.4) is 0 Å². The first-order valence-corrected chi connectivity index (χ1v) is 8.15. The lowest BCUT2D eigenvalue weighted by molar-refractivity contribution is 0.867. The Bertz CT molecular complexity index is 798. The van der Waals surface area contributed by atoms with E-state index in [0.29, 0.717) is 5.92 Å². The molecule has 1 aromatic carbocycles. The minimum atomic E-state index is -0.101. The van der Waals surface area contributed by atoms with Crippen LogP contribution in [0.2, 0.25) is 0 Å². The summed E-state index contributed by atoms with van der Waals surface area (Å²) in [6, 6.07) is 14.8. The van der Waals surface area contributed by atoms with Gasteiger partial charge in [0.2, 0.25) is 0 Å². The Hall–Kier alpha value is -1.80. The maximum absolute atomic E-state index is 6.47. The van der Waals surface area contributed by atoms with Gasteiger partial charge in [0, 0.05) is 11.3 Å². The van der Waals surface area contributed by atoms with Crippen molar-refractivity contribution in [2.75, 3.05) is 0 Å². The van der Waals surface area contributed by atoms with E-state index < -0.39 is 0 Å². The van der Waals surface area contributed by atoms with E-state index in [-0.39, 0.29) is 5.38 Å². The lowest BCUT2D eigenvalue weighted by atomic mass is 10.00. The maximum atomic E-state index is 6.47. The summed E-state index contributed by atoms with van der Waals surface area (Å²) in [7, 11) is 0. The van der Waals surface area contributed by atoms with Gasteiger partial charge in [0.15, 0.2) is 0 Å². The van der Waals surface area contributed by atoms with Crippen molar-refractivity contribution in [3.63, 3.8) is 0 Å². The summed E-state index contributed by atoms with van der Waals surface area (Å²) in [6.45, 7) is 8.50. The molecule has 0 fully saturated rings. The zero-order chi connectivity index (χ0) is 15.9. The summed E-state index contributed by atoms with van der Waals surface area (Å²) >= 11 is 6.47. The van der Waals surface area contributed by atoms with Gasteiger partial charge in [0.05, 0.1) is 16.8 Å². The summed E-state index contributed by atoms with van der Waals surface area (Å²) < 4.78 is 2.16. The third kappa shape index (κ3) is 2.52. The molecule has 3 rings (SSSR count). The number of imidazole rings is 1. The van der Waals surface area contributed by atoms with E-state index in [9.17, 15) is 0 Å². The topological polar surface area (TPSA) is 17.3 Å². The molecule has 1 unspecified atom stereocenters. The molecule has 3 aromatic rings. The standard InChI is InChI=1S/C19H21ClN2/c1-12(2)15-8-10-16(11-9-15)18-19(14(4)20)22-13(3)6-5-7-17(22)21-18/h5-12,14H,1-4H3. The fraction of sp³-hybridized carbons (Fsp3) is 0.316. The van der Waals surface area contributed by atoms with Crippen LogP contribution in [-0.4, -0.2) is 9.38 Å². The highest BCUT2D eigenvalue weighted by Crippen LogP contribution is 2.33. The molecule has 0 spiro atoms. The van der Waals surface area contributed by atoms with Gasteiger partial charge in [-0.3, -0.25) is 4.40 Å². The lowest BCUT2D eigenvalue weighted by Crippen LogP contribution is -1.98. The first-order valence-electron chi connectivity index (χ1n) is 7.71. The molecule has 0 saturated heterocycles. The second-order valence-corrected chi connectivity index (χ2v) is 6.75. The summed E-state index contributed by atoms with van der Waals surface area (Å²) in [4.78, 5) is 4.82. The lowest BCUT2D eigenvalue weighted by Gasteiger charge is -2.10. The van der Waals surface area contributed by atoms with Crippen molar-refractivity contribution < 1.29 is 0 Å². The van der Waals surface area contributed by atoms with Gasteiger partial charge in [-0.1, -0.05) is 44.2 Å². The van der Waals surface area contributed by atoms with Crippen LogP contribution in [0.15, 0.2) is 42.5 Å². The minimum Gasteiger partial charge on any atom is -0.299 e. The molecule has 0 N–H and O–H groups in total. The first kappa shape index (κ1) is 15.1. The molecule has 2 nitrogen and oxygen atoms in total. The van der Waals surface area contributed by atoms with Crippen molar-refractivity contribution in [3.8, 4) is 11.3 Å². The zero-order valence-corrected chi connectivity index (χ0v) is 14.2. The Morgan fingerprint density at radius 2 is 1.68 bits per heavy atom.